The average molecular weight is 456 g/mol. The first-order valence-corrected chi connectivity index (χ1v) is 11.3. The van der Waals surface area contributed by atoms with E-state index in [1.54, 1.807) is 32.9 Å². The molecule has 0 spiro atoms. The summed E-state index contributed by atoms with van der Waals surface area (Å²) in [6.07, 6.45) is -1.13. The molecule has 8 heteroatoms. The van der Waals surface area contributed by atoms with E-state index in [0.29, 0.717) is 5.56 Å². The minimum absolute atomic E-state index is 0.0636. The number of hydrogen-bond donors (Lipinski definition) is 1. The lowest BCUT2D eigenvalue weighted by molar-refractivity contribution is -0.273. The van der Waals surface area contributed by atoms with Gasteiger partial charge in [0.2, 0.25) is 5.91 Å². The zero-order valence-electron chi connectivity index (χ0n) is 18.4. The van der Waals surface area contributed by atoms with Crippen LogP contribution in [-0.4, -0.2) is 56.2 Å². The molecule has 0 aliphatic carbocycles. The average Bonchev–Trinajstić information content (AvgIpc) is 3.08. The molecule has 2 aromatic carbocycles. The summed E-state index contributed by atoms with van der Waals surface area (Å²) in [7, 11) is 0. The molecule has 0 aromatic heterocycles. The summed E-state index contributed by atoms with van der Waals surface area (Å²) in [5.41, 5.74) is -0.212. The Hall–Kier alpha value is -3.00. The van der Waals surface area contributed by atoms with E-state index in [1.807, 2.05) is 30.3 Å². The van der Waals surface area contributed by atoms with Crippen molar-refractivity contribution in [3.05, 3.63) is 60.2 Å². The van der Waals surface area contributed by atoms with Crippen molar-refractivity contribution in [3.8, 4) is 5.75 Å². The summed E-state index contributed by atoms with van der Waals surface area (Å²) < 4.78 is 0. The smallest absolute Gasteiger partial charge is 0.246 e. The van der Waals surface area contributed by atoms with E-state index in [4.69, 9.17) is 0 Å². The largest absolute Gasteiger partial charge is 0.530 e. The van der Waals surface area contributed by atoms with Crippen molar-refractivity contribution in [2.45, 2.75) is 55.5 Å². The fourth-order valence-corrected chi connectivity index (χ4v) is 4.99. The highest BCUT2D eigenvalue weighted by molar-refractivity contribution is 8.00. The predicted octanol–water partition coefficient (Wildman–Crippen LogP) is 2.67. The Morgan fingerprint density at radius 3 is 2.34 bits per heavy atom. The van der Waals surface area contributed by atoms with Crippen molar-refractivity contribution >= 4 is 29.5 Å². The van der Waals surface area contributed by atoms with Gasteiger partial charge >= 0.3 is 0 Å². The van der Waals surface area contributed by atoms with Crippen LogP contribution in [0, 0.1) is 0 Å². The molecule has 1 fully saturated rings. The number of phenols is 1. The van der Waals surface area contributed by atoms with Crippen LogP contribution >= 0.6 is 11.8 Å². The van der Waals surface area contributed by atoms with Gasteiger partial charge in [0, 0.05) is 29.8 Å². The van der Waals surface area contributed by atoms with Crippen molar-refractivity contribution in [3.63, 3.8) is 0 Å². The van der Waals surface area contributed by atoms with Gasteiger partial charge < -0.3 is 24.8 Å². The highest BCUT2D eigenvalue weighted by Gasteiger charge is 2.43. The third kappa shape index (κ3) is 5.43. The van der Waals surface area contributed by atoms with E-state index in [0.717, 1.165) is 9.80 Å². The molecule has 0 radical (unpaired) electrons. The monoisotopic (exact) mass is 455 g/mol. The van der Waals surface area contributed by atoms with Crippen LogP contribution in [0.5, 0.6) is 5.75 Å². The second kappa shape index (κ2) is 9.65. The molecule has 32 heavy (non-hydrogen) atoms. The molecule has 2 aromatic rings. The Balaban J connectivity index is 1.94. The van der Waals surface area contributed by atoms with Gasteiger partial charge in [0.1, 0.15) is 23.3 Å². The highest BCUT2D eigenvalue weighted by Crippen LogP contribution is 2.33. The lowest BCUT2D eigenvalue weighted by Crippen LogP contribution is -2.62. The number of thioether (sulfide) groups is 1. The normalized spacial score (nSPS) is 17.3. The molecule has 1 heterocycles. The number of carbonyl (C=O) groups excluding carboxylic acids is 3. The molecular weight excluding hydrogens is 428 g/mol. The molecule has 0 unspecified atom stereocenters. The Morgan fingerprint density at radius 1 is 1.16 bits per heavy atom. The van der Waals surface area contributed by atoms with Crippen molar-refractivity contribution < 1.29 is 24.6 Å². The second-order valence-electron chi connectivity index (χ2n) is 8.72. The van der Waals surface area contributed by atoms with Crippen LogP contribution < -0.4 is 5.11 Å². The van der Waals surface area contributed by atoms with E-state index >= 15 is 0 Å². The summed E-state index contributed by atoms with van der Waals surface area (Å²) in [5, 5.41) is 21.0. The number of Topliss-reactive ketones (excluding diaryl/α,β-unsaturated/α-hetero) is 1. The number of ketones is 1. The first kappa shape index (κ1) is 23.7. The topological polar surface area (TPSA) is 101 Å². The van der Waals surface area contributed by atoms with Gasteiger partial charge in [0.25, 0.3) is 0 Å². The number of rotatable bonds is 6. The van der Waals surface area contributed by atoms with E-state index in [2.05, 4.69) is 0 Å². The summed E-state index contributed by atoms with van der Waals surface area (Å²) in [4.78, 5) is 41.9. The third-order valence-corrected chi connectivity index (χ3v) is 6.60. The molecule has 3 rings (SSSR count). The number of phenolic OH excluding ortho intramolecular Hbond substituents is 1. The molecule has 1 N–H and O–H groups in total. The van der Waals surface area contributed by atoms with Gasteiger partial charge in [0.05, 0.1) is 0 Å². The quantitative estimate of drug-likeness (QED) is 0.719. The fourth-order valence-electron chi connectivity index (χ4n) is 3.83. The number of amides is 2. The molecule has 2 amide bonds. The summed E-state index contributed by atoms with van der Waals surface area (Å²) in [6, 6.07) is 14.5. The van der Waals surface area contributed by atoms with Crippen molar-refractivity contribution in [1.29, 1.82) is 0 Å². The molecule has 1 aliphatic heterocycles. The SMILES string of the molecule is CC(C)(C)N(C(=O)[O-])[C@@H](Cc1ccc(O)cc1)C(=O)N1CCC(=O)[C@@H]1Sc1ccccc1. The molecule has 0 saturated carbocycles. The number of aromatic hydroxyl groups is 1. The van der Waals surface area contributed by atoms with Gasteiger partial charge in [-0.2, -0.15) is 0 Å². The van der Waals surface area contributed by atoms with Gasteiger partial charge in [-0.05, 0) is 50.6 Å². The van der Waals surface area contributed by atoms with Gasteiger partial charge in [0.15, 0.2) is 5.78 Å². The lowest BCUT2D eigenvalue weighted by Gasteiger charge is -2.44. The molecular formula is C24H27N2O5S-. The number of carboxylic acid groups (broad SMARTS) is 1. The van der Waals surface area contributed by atoms with Gasteiger partial charge in [-0.1, -0.05) is 42.1 Å². The Labute approximate surface area is 192 Å². The van der Waals surface area contributed by atoms with E-state index in [9.17, 15) is 24.6 Å². The van der Waals surface area contributed by atoms with Crippen LogP contribution in [0.1, 0.15) is 32.8 Å². The van der Waals surface area contributed by atoms with Gasteiger partial charge in [-0.3, -0.25) is 9.59 Å². The third-order valence-electron chi connectivity index (χ3n) is 5.31. The van der Waals surface area contributed by atoms with E-state index < -0.39 is 29.0 Å². The second-order valence-corrected chi connectivity index (χ2v) is 9.88. The molecule has 1 aliphatic rings. The van der Waals surface area contributed by atoms with Crippen LogP contribution in [0.3, 0.4) is 0 Å². The summed E-state index contributed by atoms with van der Waals surface area (Å²) >= 11 is 1.29. The number of benzene rings is 2. The molecule has 1 saturated heterocycles. The molecule has 7 nitrogen and oxygen atoms in total. The first-order chi connectivity index (χ1) is 15.1. The van der Waals surface area contributed by atoms with Crippen LogP contribution in [0.25, 0.3) is 0 Å². The fraction of sp³-hybridized carbons (Fsp3) is 0.375. The Kier molecular flexibility index (Phi) is 7.13. The van der Waals surface area contributed by atoms with Crippen LogP contribution in [0.15, 0.2) is 59.5 Å². The van der Waals surface area contributed by atoms with Crippen molar-refractivity contribution in [1.82, 2.24) is 9.80 Å². The van der Waals surface area contributed by atoms with Gasteiger partial charge in [-0.25, -0.2) is 0 Å². The predicted molar refractivity (Wildman–Crippen MR) is 120 cm³/mol. The maximum atomic E-state index is 13.7. The highest BCUT2D eigenvalue weighted by atomic mass is 32.2. The maximum absolute atomic E-state index is 13.7. The van der Waals surface area contributed by atoms with Crippen LogP contribution in [-0.2, 0) is 16.0 Å². The zero-order chi connectivity index (χ0) is 23.5. The number of hydrogen-bond acceptors (Lipinski definition) is 6. The summed E-state index contributed by atoms with van der Waals surface area (Å²) in [5.74, 6) is -0.420. The maximum Gasteiger partial charge on any atom is 0.246 e. The number of nitrogens with zero attached hydrogens (tertiary/aromatic N) is 2. The number of carbonyl (C=O) groups is 3. The zero-order valence-corrected chi connectivity index (χ0v) is 19.2. The Bertz CT molecular complexity index is 972. The minimum Gasteiger partial charge on any atom is -0.530 e. The van der Waals surface area contributed by atoms with Crippen molar-refractivity contribution in [2.24, 2.45) is 0 Å². The minimum atomic E-state index is -1.45. The van der Waals surface area contributed by atoms with E-state index in [-0.39, 0.29) is 30.9 Å². The van der Waals surface area contributed by atoms with E-state index in [1.165, 1.54) is 28.8 Å². The molecule has 2 atom stereocenters. The first-order valence-electron chi connectivity index (χ1n) is 10.4. The van der Waals surface area contributed by atoms with Crippen LogP contribution in [0.4, 0.5) is 4.79 Å². The molecule has 0 bridgehead atoms. The van der Waals surface area contributed by atoms with Crippen LogP contribution in [0.2, 0.25) is 0 Å². The standard InChI is InChI=1S/C24H28N2O5S/c1-24(2,3)26(23(30)31)19(15-16-9-11-17(27)12-10-16)21(29)25-14-13-20(28)22(25)32-18-7-5-4-6-8-18/h4-12,19,22,27H,13-15H2,1-3H3,(H,30,31)/p-1/t19-,22-/m0/s1. The van der Waals surface area contributed by atoms with Crippen molar-refractivity contribution in [2.75, 3.05) is 6.54 Å². The lowest BCUT2D eigenvalue weighted by atomic mass is 9.97. The number of likely N-dealkylation sites (tertiary alicyclic amines) is 1. The van der Waals surface area contributed by atoms with Gasteiger partial charge in [-0.15, -0.1) is 0 Å². The Morgan fingerprint density at radius 2 is 1.78 bits per heavy atom. The summed E-state index contributed by atoms with van der Waals surface area (Å²) in [6.45, 7) is 5.33. The molecule has 170 valence electrons.